The molecule has 24 heavy (non-hydrogen) atoms. The molecule has 2 aromatic rings. The Morgan fingerprint density at radius 1 is 1.46 bits per heavy atom. The molecule has 1 aliphatic heterocycles. The van der Waals surface area contributed by atoms with Crippen LogP contribution in [0.25, 0.3) is 0 Å². The Labute approximate surface area is 147 Å². The van der Waals surface area contributed by atoms with Crippen LogP contribution in [-0.4, -0.2) is 48.9 Å². The van der Waals surface area contributed by atoms with Crippen molar-refractivity contribution in [3.05, 3.63) is 28.0 Å². The summed E-state index contributed by atoms with van der Waals surface area (Å²) in [6.45, 7) is 2.94. The number of thioether (sulfide) groups is 1. The molecule has 0 saturated heterocycles. The first-order valence-corrected chi connectivity index (χ1v) is 9.49. The second kappa shape index (κ2) is 6.94. The van der Waals surface area contributed by atoms with E-state index < -0.39 is 5.97 Å². The summed E-state index contributed by atoms with van der Waals surface area (Å²) in [7, 11) is 1.74. The smallest absolute Gasteiger partial charge is 0.356 e. The minimum Gasteiger partial charge on any atom is -0.476 e. The fourth-order valence-corrected chi connectivity index (χ4v) is 4.54. The number of rotatable bonds is 5. The lowest BCUT2D eigenvalue weighted by atomic mass is 10.0. The van der Waals surface area contributed by atoms with Crippen molar-refractivity contribution in [1.82, 2.24) is 19.7 Å². The van der Waals surface area contributed by atoms with Crippen LogP contribution in [0.4, 0.5) is 0 Å². The Morgan fingerprint density at radius 3 is 2.96 bits per heavy atom. The molecule has 7 nitrogen and oxygen atoms in total. The summed E-state index contributed by atoms with van der Waals surface area (Å²) in [6.07, 6.45) is 0.866. The molecule has 2 aromatic heterocycles. The monoisotopic (exact) mass is 366 g/mol. The van der Waals surface area contributed by atoms with Crippen LogP contribution in [0.2, 0.25) is 0 Å². The van der Waals surface area contributed by atoms with E-state index in [1.54, 1.807) is 39.7 Å². The van der Waals surface area contributed by atoms with Gasteiger partial charge >= 0.3 is 5.97 Å². The number of hydrogen-bond donors (Lipinski definition) is 1. The predicted molar refractivity (Wildman–Crippen MR) is 91.5 cm³/mol. The Kier molecular flexibility index (Phi) is 4.91. The van der Waals surface area contributed by atoms with Crippen LogP contribution in [0.15, 0.2) is 9.72 Å². The molecule has 0 fully saturated rings. The van der Waals surface area contributed by atoms with Crippen LogP contribution >= 0.6 is 23.1 Å². The molecule has 0 bridgehead atoms. The molecule has 0 aromatic carbocycles. The van der Waals surface area contributed by atoms with Gasteiger partial charge in [0.25, 0.3) is 0 Å². The number of amides is 1. The van der Waals surface area contributed by atoms with Crippen molar-refractivity contribution in [3.8, 4) is 0 Å². The number of aromatic nitrogens is 3. The minimum atomic E-state index is -1.05. The Hall–Kier alpha value is -1.87. The van der Waals surface area contributed by atoms with Gasteiger partial charge in [0.2, 0.25) is 5.91 Å². The van der Waals surface area contributed by atoms with Crippen molar-refractivity contribution in [2.24, 2.45) is 7.05 Å². The SMILES string of the molecule is CCSc1nc(CC(=O)N2CCc3c(c(C(=O)O)nn3C)C2)cs1. The standard InChI is InChI=1S/C15H18N4O3S2/c1-3-23-15-16-9(8-24-15)6-12(20)19-5-4-11-10(7-19)13(14(21)22)17-18(11)2/h8H,3-7H2,1-2H3,(H,21,22). The van der Waals surface area contributed by atoms with Crippen molar-refractivity contribution >= 4 is 35.0 Å². The highest BCUT2D eigenvalue weighted by Gasteiger charge is 2.29. The Morgan fingerprint density at radius 2 is 2.25 bits per heavy atom. The fraction of sp³-hybridized carbons (Fsp3) is 0.467. The average molecular weight is 366 g/mol. The van der Waals surface area contributed by atoms with E-state index in [1.165, 1.54) is 0 Å². The molecule has 0 unspecified atom stereocenters. The number of carboxylic acids is 1. The largest absolute Gasteiger partial charge is 0.476 e. The van der Waals surface area contributed by atoms with Gasteiger partial charge in [-0.3, -0.25) is 9.48 Å². The maximum Gasteiger partial charge on any atom is 0.356 e. The van der Waals surface area contributed by atoms with Crippen LogP contribution in [0.1, 0.15) is 34.4 Å². The number of fused-ring (bicyclic) bond motifs is 1. The van der Waals surface area contributed by atoms with Crippen LogP contribution in [-0.2, 0) is 31.2 Å². The van der Waals surface area contributed by atoms with Crippen LogP contribution in [0, 0.1) is 0 Å². The maximum atomic E-state index is 12.5. The van der Waals surface area contributed by atoms with E-state index in [0.717, 1.165) is 21.5 Å². The van der Waals surface area contributed by atoms with E-state index >= 15 is 0 Å². The number of aryl methyl sites for hydroxylation is 1. The summed E-state index contributed by atoms with van der Waals surface area (Å²) >= 11 is 3.21. The molecular formula is C15H18N4O3S2. The van der Waals surface area contributed by atoms with E-state index in [4.69, 9.17) is 0 Å². The van der Waals surface area contributed by atoms with E-state index in [-0.39, 0.29) is 18.0 Å². The molecule has 0 radical (unpaired) electrons. The van der Waals surface area contributed by atoms with Gasteiger partial charge in [0.1, 0.15) is 4.34 Å². The molecule has 9 heteroatoms. The van der Waals surface area contributed by atoms with Gasteiger partial charge in [-0.2, -0.15) is 5.10 Å². The number of carbonyl (C=O) groups is 2. The van der Waals surface area contributed by atoms with Crippen molar-refractivity contribution < 1.29 is 14.7 Å². The van der Waals surface area contributed by atoms with Gasteiger partial charge < -0.3 is 10.0 Å². The highest BCUT2D eigenvalue weighted by atomic mass is 32.2. The number of thiazole rings is 1. The fourth-order valence-electron chi connectivity index (χ4n) is 2.80. The van der Waals surface area contributed by atoms with Crippen molar-refractivity contribution in [1.29, 1.82) is 0 Å². The van der Waals surface area contributed by atoms with E-state index in [1.807, 2.05) is 5.38 Å². The van der Waals surface area contributed by atoms with Crippen molar-refractivity contribution in [3.63, 3.8) is 0 Å². The first-order chi connectivity index (χ1) is 11.5. The first-order valence-electron chi connectivity index (χ1n) is 7.62. The van der Waals surface area contributed by atoms with Gasteiger partial charge in [0, 0.05) is 43.2 Å². The molecule has 1 amide bonds. The van der Waals surface area contributed by atoms with Crippen LogP contribution < -0.4 is 0 Å². The third-order valence-corrected chi connectivity index (χ3v) is 5.88. The molecular weight excluding hydrogens is 348 g/mol. The number of carboxylic acid groups (broad SMARTS) is 1. The molecule has 128 valence electrons. The summed E-state index contributed by atoms with van der Waals surface area (Å²) in [4.78, 5) is 30.0. The molecule has 1 aliphatic rings. The normalized spacial score (nSPS) is 13.8. The summed E-state index contributed by atoms with van der Waals surface area (Å²) < 4.78 is 2.58. The number of nitrogens with zero attached hydrogens (tertiary/aromatic N) is 4. The van der Waals surface area contributed by atoms with Crippen molar-refractivity contribution in [2.75, 3.05) is 12.3 Å². The Bertz CT molecular complexity index is 784. The summed E-state index contributed by atoms with van der Waals surface area (Å²) in [5.41, 5.74) is 2.36. The molecule has 3 heterocycles. The van der Waals surface area contributed by atoms with Gasteiger partial charge in [-0.25, -0.2) is 9.78 Å². The molecule has 0 atom stereocenters. The second-order valence-corrected chi connectivity index (χ2v) is 7.85. The van der Waals surface area contributed by atoms with Crippen molar-refractivity contribution in [2.45, 2.75) is 30.6 Å². The van der Waals surface area contributed by atoms with E-state index in [9.17, 15) is 14.7 Å². The molecule has 0 saturated carbocycles. The molecule has 1 N–H and O–H groups in total. The zero-order valence-corrected chi connectivity index (χ0v) is 15.1. The lowest BCUT2D eigenvalue weighted by Crippen LogP contribution is -2.37. The van der Waals surface area contributed by atoms with E-state index in [2.05, 4.69) is 17.0 Å². The summed E-state index contributed by atoms with van der Waals surface area (Å²) in [5.74, 6) is -0.129. The van der Waals surface area contributed by atoms with Gasteiger partial charge in [-0.15, -0.1) is 11.3 Å². The summed E-state index contributed by atoms with van der Waals surface area (Å²) in [6, 6.07) is 0. The minimum absolute atomic E-state index is 0.0285. The predicted octanol–water partition coefficient (Wildman–Crippen LogP) is 1.81. The Balaban J connectivity index is 1.72. The van der Waals surface area contributed by atoms with Gasteiger partial charge in [0.05, 0.1) is 12.1 Å². The third kappa shape index (κ3) is 3.32. The highest BCUT2D eigenvalue weighted by molar-refractivity contribution is 8.00. The zero-order valence-electron chi connectivity index (χ0n) is 13.5. The lowest BCUT2D eigenvalue weighted by Gasteiger charge is -2.27. The molecule has 0 aliphatic carbocycles. The summed E-state index contributed by atoms with van der Waals surface area (Å²) in [5, 5.41) is 15.3. The quantitative estimate of drug-likeness (QED) is 0.812. The highest BCUT2D eigenvalue weighted by Crippen LogP contribution is 2.25. The average Bonchev–Trinajstić information content (AvgIpc) is 3.12. The zero-order chi connectivity index (χ0) is 17.3. The maximum absolute atomic E-state index is 12.5. The number of hydrogen-bond acceptors (Lipinski definition) is 6. The topological polar surface area (TPSA) is 88.3 Å². The van der Waals surface area contributed by atoms with Crippen LogP contribution in [0.3, 0.4) is 0 Å². The third-order valence-electron chi connectivity index (χ3n) is 3.93. The first kappa shape index (κ1) is 17.0. The number of aromatic carboxylic acids is 1. The van der Waals surface area contributed by atoms with E-state index in [0.29, 0.717) is 25.1 Å². The van der Waals surface area contributed by atoms with Gasteiger partial charge in [-0.05, 0) is 5.75 Å². The number of carbonyl (C=O) groups excluding carboxylic acids is 1. The second-order valence-electron chi connectivity index (χ2n) is 5.48. The van der Waals surface area contributed by atoms with Gasteiger partial charge in [-0.1, -0.05) is 18.7 Å². The lowest BCUT2D eigenvalue weighted by molar-refractivity contribution is -0.131. The molecule has 0 spiro atoms. The molecule has 3 rings (SSSR count). The van der Waals surface area contributed by atoms with Crippen LogP contribution in [0.5, 0.6) is 0 Å². The van der Waals surface area contributed by atoms with Gasteiger partial charge in [0.15, 0.2) is 5.69 Å².